The van der Waals surface area contributed by atoms with E-state index in [0.29, 0.717) is 12.8 Å². The van der Waals surface area contributed by atoms with Crippen LogP contribution in [0.2, 0.25) is 0 Å². The highest BCUT2D eigenvalue weighted by atomic mass is 19.1. The van der Waals surface area contributed by atoms with Crippen LogP contribution < -0.4 is 5.32 Å². The van der Waals surface area contributed by atoms with Gasteiger partial charge in [-0.15, -0.1) is 0 Å². The molecule has 0 saturated heterocycles. The Labute approximate surface area is 113 Å². The van der Waals surface area contributed by atoms with Gasteiger partial charge in [0.05, 0.1) is 6.42 Å². The Morgan fingerprint density at radius 3 is 2.53 bits per heavy atom. The molecule has 1 saturated carbocycles. The average Bonchev–Trinajstić information content (AvgIpc) is 2.27. The molecule has 19 heavy (non-hydrogen) atoms. The van der Waals surface area contributed by atoms with Crippen molar-refractivity contribution < 1.29 is 19.1 Å². The molecule has 0 heterocycles. The zero-order valence-electron chi connectivity index (χ0n) is 11.9. The first-order chi connectivity index (χ1) is 8.74. The lowest BCUT2D eigenvalue weighted by Crippen LogP contribution is -2.53. The van der Waals surface area contributed by atoms with Crippen molar-refractivity contribution in [3.8, 4) is 0 Å². The van der Waals surface area contributed by atoms with Gasteiger partial charge < -0.3 is 10.4 Å². The van der Waals surface area contributed by atoms with Gasteiger partial charge >= 0.3 is 5.97 Å². The van der Waals surface area contributed by atoms with Crippen LogP contribution >= 0.6 is 0 Å². The van der Waals surface area contributed by atoms with Crippen molar-refractivity contribution in [2.45, 2.75) is 64.6 Å². The molecule has 0 bridgehead atoms. The normalized spacial score (nSPS) is 26.8. The highest BCUT2D eigenvalue weighted by Gasteiger charge is 2.36. The maximum absolute atomic E-state index is 13.3. The van der Waals surface area contributed by atoms with E-state index in [9.17, 15) is 14.0 Å². The van der Waals surface area contributed by atoms with Crippen molar-refractivity contribution >= 4 is 11.9 Å². The topological polar surface area (TPSA) is 66.4 Å². The summed E-state index contributed by atoms with van der Waals surface area (Å²) >= 11 is 0. The molecule has 1 rings (SSSR count). The Morgan fingerprint density at radius 1 is 1.42 bits per heavy atom. The third-order valence-corrected chi connectivity index (χ3v) is 4.18. The van der Waals surface area contributed by atoms with Gasteiger partial charge in [0.25, 0.3) is 0 Å². The molecule has 3 atom stereocenters. The molecule has 1 amide bonds. The molecule has 0 radical (unpaired) electrons. The summed E-state index contributed by atoms with van der Waals surface area (Å²) in [5.74, 6) is -1.48. The Balaban J connectivity index is 2.68. The minimum absolute atomic E-state index is 0.00249. The smallest absolute Gasteiger partial charge is 0.305 e. The molecular weight excluding hydrogens is 249 g/mol. The van der Waals surface area contributed by atoms with Crippen LogP contribution in [0.15, 0.2) is 0 Å². The molecule has 0 spiro atoms. The zero-order valence-corrected chi connectivity index (χ0v) is 11.9. The van der Waals surface area contributed by atoms with Crippen LogP contribution in [0, 0.1) is 11.8 Å². The predicted molar refractivity (Wildman–Crippen MR) is 70.5 cm³/mol. The van der Waals surface area contributed by atoms with Crippen molar-refractivity contribution in [1.29, 1.82) is 0 Å². The minimum Gasteiger partial charge on any atom is -0.481 e. The molecular formula is C14H24FNO3. The number of halogens is 1. The molecule has 110 valence electrons. The van der Waals surface area contributed by atoms with E-state index in [1.807, 2.05) is 13.8 Å². The number of carbonyl (C=O) groups is 2. The van der Waals surface area contributed by atoms with E-state index in [1.165, 1.54) is 0 Å². The predicted octanol–water partition coefficient (Wildman–Crippen LogP) is 2.52. The molecule has 1 aliphatic carbocycles. The lowest BCUT2D eigenvalue weighted by Gasteiger charge is -2.36. The standard InChI is InChI=1S/C14H24FNO3/c1-9(2)14(3,8-12(17)18)16-13(19)10-5-4-6-11(15)7-10/h9-11H,4-8H2,1-3H3,(H,16,19)(H,17,18). The van der Waals surface area contributed by atoms with Crippen LogP contribution in [-0.4, -0.2) is 28.7 Å². The summed E-state index contributed by atoms with van der Waals surface area (Å²) in [5.41, 5.74) is -0.786. The third kappa shape index (κ3) is 4.48. The Bertz CT molecular complexity index is 346. The number of hydrogen-bond donors (Lipinski definition) is 2. The fourth-order valence-electron chi connectivity index (χ4n) is 2.46. The number of hydrogen-bond acceptors (Lipinski definition) is 2. The second-order valence-corrected chi connectivity index (χ2v) is 6.09. The summed E-state index contributed by atoms with van der Waals surface area (Å²) in [6.45, 7) is 5.49. The van der Waals surface area contributed by atoms with Gasteiger partial charge in [-0.2, -0.15) is 0 Å². The number of carbonyl (C=O) groups excluding carboxylic acids is 1. The summed E-state index contributed by atoms with van der Waals surface area (Å²) in [6, 6.07) is 0. The fourth-order valence-corrected chi connectivity index (χ4v) is 2.46. The van der Waals surface area contributed by atoms with Gasteiger partial charge in [-0.1, -0.05) is 13.8 Å². The van der Waals surface area contributed by atoms with E-state index >= 15 is 0 Å². The number of carboxylic acids is 1. The quantitative estimate of drug-likeness (QED) is 0.809. The highest BCUT2D eigenvalue weighted by molar-refractivity contribution is 5.80. The molecule has 5 heteroatoms. The fraction of sp³-hybridized carbons (Fsp3) is 0.857. The van der Waals surface area contributed by atoms with E-state index < -0.39 is 17.7 Å². The monoisotopic (exact) mass is 273 g/mol. The number of nitrogens with one attached hydrogen (secondary N) is 1. The van der Waals surface area contributed by atoms with E-state index in [1.54, 1.807) is 6.92 Å². The summed E-state index contributed by atoms with van der Waals surface area (Å²) < 4.78 is 13.3. The van der Waals surface area contributed by atoms with Crippen LogP contribution in [0.4, 0.5) is 4.39 Å². The number of amides is 1. The summed E-state index contributed by atoms with van der Waals surface area (Å²) in [6.07, 6.45) is 1.16. The van der Waals surface area contributed by atoms with E-state index in [0.717, 1.165) is 6.42 Å². The molecule has 0 aromatic heterocycles. The van der Waals surface area contributed by atoms with Gasteiger partial charge in [0.2, 0.25) is 5.91 Å². The third-order valence-electron chi connectivity index (χ3n) is 4.18. The van der Waals surface area contributed by atoms with Gasteiger partial charge in [-0.3, -0.25) is 9.59 Å². The van der Waals surface area contributed by atoms with Crippen LogP contribution in [0.1, 0.15) is 52.9 Å². The van der Waals surface area contributed by atoms with E-state index in [-0.39, 0.29) is 30.6 Å². The summed E-state index contributed by atoms with van der Waals surface area (Å²) in [4.78, 5) is 23.1. The minimum atomic E-state index is -0.941. The van der Waals surface area contributed by atoms with Crippen LogP contribution in [-0.2, 0) is 9.59 Å². The van der Waals surface area contributed by atoms with E-state index in [4.69, 9.17) is 5.11 Å². The van der Waals surface area contributed by atoms with Crippen molar-refractivity contribution in [2.75, 3.05) is 0 Å². The zero-order chi connectivity index (χ0) is 14.6. The molecule has 4 nitrogen and oxygen atoms in total. The summed E-state index contributed by atoms with van der Waals surface area (Å²) in [5, 5.41) is 11.8. The van der Waals surface area contributed by atoms with Crippen molar-refractivity contribution in [2.24, 2.45) is 11.8 Å². The van der Waals surface area contributed by atoms with Crippen molar-refractivity contribution in [1.82, 2.24) is 5.32 Å². The molecule has 3 unspecified atom stereocenters. The Hall–Kier alpha value is -1.13. The first-order valence-electron chi connectivity index (χ1n) is 6.92. The van der Waals surface area contributed by atoms with Gasteiger partial charge in [0.1, 0.15) is 6.17 Å². The van der Waals surface area contributed by atoms with Crippen LogP contribution in [0.25, 0.3) is 0 Å². The molecule has 2 N–H and O–H groups in total. The molecule has 1 aliphatic rings. The van der Waals surface area contributed by atoms with Gasteiger partial charge in [0, 0.05) is 11.5 Å². The number of rotatable bonds is 5. The van der Waals surface area contributed by atoms with Crippen LogP contribution in [0.5, 0.6) is 0 Å². The average molecular weight is 273 g/mol. The molecule has 0 aliphatic heterocycles. The second kappa shape index (κ2) is 6.35. The largest absolute Gasteiger partial charge is 0.481 e. The molecule has 1 fully saturated rings. The SMILES string of the molecule is CC(C)C(C)(CC(=O)O)NC(=O)C1CCCC(F)C1. The van der Waals surface area contributed by atoms with Gasteiger partial charge in [-0.25, -0.2) is 4.39 Å². The maximum atomic E-state index is 13.3. The highest BCUT2D eigenvalue weighted by Crippen LogP contribution is 2.28. The molecule has 0 aromatic rings. The van der Waals surface area contributed by atoms with Crippen molar-refractivity contribution in [3.63, 3.8) is 0 Å². The van der Waals surface area contributed by atoms with Gasteiger partial charge in [-0.05, 0) is 38.5 Å². The second-order valence-electron chi connectivity index (χ2n) is 6.09. The Morgan fingerprint density at radius 2 is 2.05 bits per heavy atom. The first-order valence-corrected chi connectivity index (χ1v) is 6.92. The maximum Gasteiger partial charge on any atom is 0.305 e. The van der Waals surface area contributed by atoms with Gasteiger partial charge in [0.15, 0.2) is 0 Å². The Kier molecular flexibility index (Phi) is 5.32. The van der Waals surface area contributed by atoms with Crippen LogP contribution in [0.3, 0.4) is 0 Å². The van der Waals surface area contributed by atoms with Crippen molar-refractivity contribution in [3.05, 3.63) is 0 Å². The lowest BCUT2D eigenvalue weighted by molar-refractivity contribution is -0.140. The molecule has 0 aromatic carbocycles. The summed E-state index contributed by atoms with van der Waals surface area (Å²) in [7, 11) is 0. The van der Waals surface area contributed by atoms with E-state index in [2.05, 4.69) is 5.32 Å². The lowest BCUT2D eigenvalue weighted by atomic mass is 9.82. The number of alkyl halides is 1. The number of carboxylic acid groups (broad SMARTS) is 1. The first kappa shape index (κ1) is 15.9. The number of aliphatic carboxylic acids is 1.